The molecule has 1 aromatic carbocycles. The molecule has 0 saturated carbocycles. The fraction of sp³-hybridized carbons (Fsp3) is 0.533. The van der Waals surface area contributed by atoms with E-state index in [1.54, 1.807) is 7.05 Å². The molecule has 0 spiro atoms. The largest absolute Gasteiger partial charge is 0.484 e. The SMILES string of the molecule is CCNC1CCCc2cc(OCC(=O)NC)ccc21. The molecule has 0 bridgehead atoms. The highest BCUT2D eigenvalue weighted by molar-refractivity contribution is 5.77. The van der Waals surface area contributed by atoms with Gasteiger partial charge in [0.1, 0.15) is 5.75 Å². The number of likely N-dealkylation sites (N-methyl/N-ethyl adjacent to an activating group) is 1. The summed E-state index contributed by atoms with van der Waals surface area (Å²) in [7, 11) is 1.61. The molecule has 2 rings (SSSR count). The minimum atomic E-state index is -0.108. The van der Waals surface area contributed by atoms with Crippen molar-refractivity contribution in [1.29, 1.82) is 0 Å². The van der Waals surface area contributed by atoms with Gasteiger partial charge in [-0.25, -0.2) is 0 Å². The van der Waals surface area contributed by atoms with Crippen LogP contribution in [0.2, 0.25) is 0 Å². The average molecular weight is 262 g/mol. The summed E-state index contributed by atoms with van der Waals surface area (Å²) in [6.07, 6.45) is 3.48. The molecule has 1 aliphatic rings. The number of aryl methyl sites for hydroxylation is 1. The van der Waals surface area contributed by atoms with Crippen LogP contribution >= 0.6 is 0 Å². The first-order chi connectivity index (χ1) is 9.24. The number of fused-ring (bicyclic) bond motifs is 1. The maximum Gasteiger partial charge on any atom is 0.257 e. The maximum atomic E-state index is 11.2. The zero-order valence-corrected chi connectivity index (χ0v) is 11.7. The highest BCUT2D eigenvalue weighted by Gasteiger charge is 2.19. The third-order valence-electron chi connectivity index (χ3n) is 3.53. The van der Waals surface area contributed by atoms with Crippen molar-refractivity contribution in [3.63, 3.8) is 0 Å². The molecule has 1 amide bonds. The third-order valence-corrected chi connectivity index (χ3v) is 3.53. The lowest BCUT2D eigenvalue weighted by Gasteiger charge is -2.26. The van der Waals surface area contributed by atoms with Gasteiger partial charge in [-0.3, -0.25) is 4.79 Å². The van der Waals surface area contributed by atoms with Crippen LogP contribution in [0.15, 0.2) is 18.2 Å². The van der Waals surface area contributed by atoms with Gasteiger partial charge in [-0.1, -0.05) is 13.0 Å². The fourth-order valence-corrected chi connectivity index (χ4v) is 2.56. The Kier molecular flexibility index (Phi) is 4.80. The van der Waals surface area contributed by atoms with E-state index in [9.17, 15) is 4.79 Å². The Bertz CT molecular complexity index is 446. The Morgan fingerprint density at radius 2 is 2.32 bits per heavy atom. The Morgan fingerprint density at radius 3 is 3.05 bits per heavy atom. The van der Waals surface area contributed by atoms with Gasteiger partial charge in [0.15, 0.2) is 6.61 Å². The molecular formula is C15H22N2O2. The van der Waals surface area contributed by atoms with Crippen LogP contribution in [0, 0.1) is 0 Å². The lowest BCUT2D eigenvalue weighted by Crippen LogP contribution is -2.26. The van der Waals surface area contributed by atoms with Gasteiger partial charge in [0.25, 0.3) is 5.91 Å². The zero-order valence-electron chi connectivity index (χ0n) is 11.7. The van der Waals surface area contributed by atoms with E-state index < -0.39 is 0 Å². The van der Waals surface area contributed by atoms with Crippen molar-refractivity contribution in [2.24, 2.45) is 0 Å². The van der Waals surface area contributed by atoms with Gasteiger partial charge in [0.05, 0.1) is 0 Å². The standard InChI is InChI=1S/C15H22N2O2/c1-3-17-14-6-4-5-11-9-12(7-8-13(11)14)19-10-15(18)16-2/h7-9,14,17H,3-6,10H2,1-2H3,(H,16,18). The number of amides is 1. The summed E-state index contributed by atoms with van der Waals surface area (Å²) in [4.78, 5) is 11.2. The van der Waals surface area contributed by atoms with Crippen molar-refractivity contribution < 1.29 is 9.53 Å². The number of hydrogen-bond acceptors (Lipinski definition) is 3. The summed E-state index contributed by atoms with van der Waals surface area (Å²) in [6.45, 7) is 3.19. The third kappa shape index (κ3) is 3.47. The molecule has 0 fully saturated rings. The van der Waals surface area contributed by atoms with E-state index in [4.69, 9.17) is 4.74 Å². The van der Waals surface area contributed by atoms with Crippen molar-refractivity contribution in [3.8, 4) is 5.75 Å². The molecule has 1 unspecified atom stereocenters. The van der Waals surface area contributed by atoms with Crippen molar-refractivity contribution in [3.05, 3.63) is 29.3 Å². The molecule has 0 saturated heterocycles. The molecule has 104 valence electrons. The van der Waals surface area contributed by atoms with E-state index in [1.807, 2.05) is 6.07 Å². The van der Waals surface area contributed by atoms with Crippen LogP contribution < -0.4 is 15.4 Å². The molecule has 0 radical (unpaired) electrons. The lowest BCUT2D eigenvalue weighted by atomic mass is 9.87. The average Bonchev–Trinajstić information content (AvgIpc) is 2.45. The lowest BCUT2D eigenvalue weighted by molar-refractivity contribution is -0.122. The molecule has 2 N–H and O–H groups in total. The quantitative estimate of drug-likeness (QED) is 0.850. The molecule has 1 atom stereocenters. The second-order valence-electron chi connectivity index (χ2n) is 4.82. The Hall–Kier alpha value is -1.55. The molecular weight excluding hydrogens is 240 g/mol. The molecule has 1 aliphatic carbocycles. The van der Waals surface area contributed by atoms with Crippen LogP contribution in [0.25, 0.3) is 0 Å². The number of ether oxygens (including phenoxy) is 1. The first-order valence-electron chi connectivity index (χ1n) is 6.94. The van der Waals surface area contributed by atoms with E-state index in [0.29, 0.717) is 6.04 Å². The number of carbonyl (C=O) groups is 1. The Labute approximate surface area is 114 Å². The number of hydrogen-bond donors (Lipinski definition) is 2. The summed E-state index contributed by atoms with van der Waals surface area (Å²) in [5.74, 6) is 0.669. The monoisotopic (exact) mass is 262 g/mol. The van der Waals surface area contributed by atoms with E-state index in [0.717, 1.165) is 18.7 Å². The molecule has 0 aliphatic heterocycles. The van der Waals surface area contributed by atoms with Crippen molar-refractivity contribution in [1.82, 2.24) is 10.6 Å². The second kappa shape index (κ2) is 6.57. The van der Waals surface area contributed by atoms with Gasteiger partial charge in [-0.15, -0.1) is 0 Å². The van der Waals surface area contributed by atoms with E-state index in [2.05, 4.69) is 29.7 Å². The van der Waals surface area contributed by atoms with Crippen LogP contribution in [0.4, 0.5) is 0 Å². The van der Waals surface area contributed by atoms with Crippen LogP contribution in [-0.4, -0.2) is 26.1 Å². The zero-order chi connectivity index (χ0) is 13.7. The Morgan fingerprint density at radius 1 is 1.47 bits per heavy atom. The first kappa shape index (κ1) is 13.9. The summed E-state index contributed by atoms with van der Waals surface area (Å²) in [5, 5.41) is 6.06. The Balaban J connectivity index is 2.08. The maximum absolute atomic E-state index is 11.2. The van der Waals surface area contributed by atoms with Crippen LogP contribution in [-0.2, 0) is 11.2 Å². The molecule has 1 aromatic rings. The van der Waals surface area contributed by atoms with Crippen molar-refractivity contribution in [2.45, 2.75) is 32.2 Å². The molecule has 4 nitrogen and oxygen atoms in total. The van der Waals surface area contributed by atoms with Gasteiger partial charge in [-0.05, 0) is 49.1 Å². The smallest absolute Gasteiger partial charge is 0.257 e. The van der Waals surface area contributed by atoms with Gasteiger partial charge < -0.3 is 15.4 Å². The van der Waals surface area contributed by atoms with Gasteiger partial charge in [0.2, 0.25) is 0 Å². The summed E-state index contributed by atoms with van der Waals surface area (Å²) in [6, 6.07) is 6.61. The second-order valence-corrected chi connectivity index (χ2v) is 4.82. The van der Waals surface area contributed by atoms with E-state index in [-0.39, 0.29) is 12.5 Å². The molecule has 0 aromatic heterocycles. The van der Waals surface area contributed by atoms with E-state index in [1.165, 1.54) is 24.0 Å². The number of carbonyl (C=O) groups excluding carboxylic acids is 1. The van der Waals surface area contributed by atoms with Crippen molar-refractivity contribution in [2.75, 3.05) is 20.2 Å². The molecule has 4 heteroatoms. The number of benzene rings is 1. The molecule has 19 heavy (non-hydrogen) atoms. The summed E-state index contributed by atoms with van der Waals surface area (Å²) >= 11 is 0. The van der Waals surface area contributed by atoms with Gasteiger partial charge >= 0.3 is 0 Å². The topological polar surface area (TPSA) is 50.4 Å². The van der Waals surface area contributed by atoms with Crippen LogP contribution in [0.3, 0.4) is 0 Å². The molecule has 0 heterocycles. The summed E-state index contributed by atoms with van der Waals surface area (Å²) in [5.41, 5.74) is 2.71. The predicted octanol–water partition coefficient (Wildman–Crippen LogP) is 1.80. The number of nitrogens with one attached hydrogen (secondary N) is 2. The highest BCUT2D eigenvalue weighted by atomic mass is 16.5. The minimum Gasteiger partial charge on any atom is -0.484 e. The van der Waals surface area contributed by atoms with Crippen LogP contribution in [0.1, 0.15) is 36.9 Å². The van der Waals surface area contributed by atoms with Gasteiger partial charge in [0, 0.05) is 13.1 Å². The predicted molar refractivity (Wildman–Crippen MR) is 75.4 cm³/mol. The van der Waals surface area contributed by atoms with Gasteiger partial charge in [-0.2, -0.15) is 0 Å². The van der Waals surface area contributed by atoms with Crippen molar-refractivity contribution >= 4 is 5.91 Å². The normalized spacial score (nSPS) is 17.7. The minimum absolute atomic E-state index is 0.0753. The first-order valence-corrected chi connectivity index (χ1v) is 6.94. The summed E-state index contributed by atoms with van der Waals surface area (Å²) < 4.78 is 5.49. The number of rotatable bonds is 5. The highest BCUT2D eigenvalue weighted by Crippen LogP contribution is 2.32. The fourth-order valence-electron chi connectivity index (χ4n) is 2.56. The van der Waals surface area contributed by atoms with E-state index >= 15 is 0 Å². The van der Waals surface area contributed by atoms with Crippen LogP contribution in [0.5, 0.6) is 5.75 Å².